The van der Waals surface area contributed by atoms with Crippen LogP contribution in [0.4, 0.5) is 5.69 Å². The highest BCUT2D eigenvalue weighted by atomic mass is 32.1. The molecule has 3 N–H and O–H groups in total. The molecule has 7 heteroatoms. The van der Waals surface area contributed by atoms with Crippen LogP contribution in [-0.4, -0.2) is 21.9 Å². The zero-order valence-corrected chi connectivity index (χ0v) is 14.6. The molecule has 0 aliphatic rings. The Morgan fingerprint density at radius 3 is 2.57 bits per heavy atom. The summed E-state index contributed by atoms with van der Waals surface area (Å²) in [4.78, 5) is 12.0. The van der Waals surface area contributed by atoms with Crippen LogP contribution in [0.2, 0.25) is 0 Å². The molecule has 0 amide bonds. The number of aryl methyl sites for hydroxylation is 1. The van der Waals surface area contributed by atoms with Crippen molar-refractivity contribution in [2.75, 3.05) is 5.32 Å². The molecule has 0 unspecified atom stereocenters. The Kier molecular flexibility index (Phi) is 5.46. The van der Waals surface area contributed by atoms with Crippen molar-refractivity contribution in [1.29, 1.82) is 0 Å². The fourth-order valence-electron chi connectivity index (χ4n) is 1.87. The molecule has 0 aliphatic carbocycles. The predicted molar refractivity (Wildman–Crippen MR) is 98.8 cm³/mol. The Hall–Kier alpha value is -2.25. The molecule has 0 saturated heterocycles. The number of nitrogens with one attached hydrogen (secondary N) is 2. The van der Waals surface area contributed by atoms with Crippen molar-refractivity contribution in [2.45, 2.75) is 20.8 Å². The predicted octanol–water partition coefficient (Wildman–Crippen LogP) is 3.77. The number of nitrogens with zero attached hydrogens (tertiary/aromatic N) is 1. The maximum atomic E-state index is 10.9. The Labute approximate surface area is 144 Å². The lowest BCUT2D eigenvalue weighted by Crippen LogP contribution is -2.25. The zero-order chi connectivity index (χ0) is 17.0. The fraction of sp³-hybridized carbons (Fsp3) is 0.188. The summed E-state index contributed by atoms with van der Waals surface area (Å²) >= 11 is 6.41. The van der Waals surface area contributed by atoms with E-state index in [0.717, 1.165) is 16.1 Å². The van der Waals surface area contributed by atoms with Gasteiger partial charge in [-0.25, -0.2) is 4.79 Å². The molecule has 0 fully saturated rings. The van der Waals surface area contributed by atoms with Gasteiger partial charge >= 0.3 is 5.97 Å². The Balaban J connectivity index is 2.02. The topological polar surface area (TPSA) is 73.7 Å². The number of rotatable bonds is 4. The van der Waals surface area contributed by atoms with E-state index in [1.54, 1.807) is 19.1 Å². The molecule has 0 saturated carbocycles. The van der Waals surface area contributed by atoms with E-state index in [1.807, 2.05) is 32.0 Å². The Morgan fingerprint density at radius 2 is 1.91 bits per heavy atom. The summed E-state index contributed by atoms with van der Waals surface area (Å²) in [7, 11) is 0. The molecule has 2 aromatic rings. The first-order chi connectivity index (χ1) is 10.9. The molecule has 1 aromatic heterocycles. The zero-order valence-electron chi connectivity index (χ0n) is 13.0. The first-order valence-corrected chi connectivity index (χ1v) is 8.12. The van der Waals surface area contributed by atoms with Crippen LogP contribution in [0.15, 0.2) is 35.4 Å². The van der Waals surface area contributed by atoms with E-state index in [9.17, 15) is 4.79 Å². The van der Waals surface area contributed by atoms with Gasteiger partial charge in [-0.15, -0.1) is 11.3 Å². The van der Waals surface area contributed by atoms with Crippen LogP contribution in [-0.2, 0) is 0 Å². The van der Waals surface area contributed by atoms with Crippen molar-refractivity contribution >= 4 is 46.0 Å². The molecule has 0 aliphatic heterocycles. The molecule has 5 nitrogen and oxygen atoms in total. The second kappa shape index (κ2) is 7.34. The van der Waals surface area contributed by atoms with E-state index < -0.39 is 5.97 Å². The van der Waals surface area contributed by atoms with Gasteiger partial charge in [-0.05, 0) is 62.3 Å². The number of thiocarbonyl (C=S) groups is 1. The van der Waals surface area contributed by atoms with Crippen LogP contribution < -0.4 is 10.7 Å². The van der Waals surface area contributed by atoms with Crippen LogP contribution in [0.25, 0.3) is 0 Å². The molecule has 0 atom stereocenters. The third-order valence-electron chi connectivity index (χ3n) is 3.35. The minimum Gasteiger partial charge on any atom is -0.477 e. The quantitative estimate of drug-likeness (QED) is 0.446. The lowest BCUT2D eigenvalue weighted by Gasteiger charge is -2.11. The molecular formula is C16H17N3O2S2. The number of hydrogen-bond donors (Lipinski definition) is 3. The van der Waals surface area contributed by atoms with E-state index in [4.69, 9.17) is 17.3 Å². The molecule has 2 rings (SSSR count). The second-order valence-corrected chi connectivity index (χ2v) is 6.47. The number of anilines is 1. The number of benzene rings is 1. The van der Waals surface area contributed by atoms with Gasteiger partial charge in [-0.2, -0.15) is 5.10 Å². The maximum Gasteiger partial charge on any atom is 0.345 e. The van der Waals surface area contributed by atoms with Gasteiger partial charge in [-0.3, -0.25) is 5.43 Å². The van der Waals surface area contributed by atoms with Gasteiger partial charge in [0.25, 0.3) is 0 Å². The van der Waals surface area contributed by atoms with Gasteiger partial charge < -0.3 is 10.4 Å². The van der Waals surface area contributed by atoms with Gasteiger partial charge in [0.15, 0.2) is 5.11 Å². The molecule has 0 bridgehead atoms. The summed E-state index contributed by atoms with van der Waals surface area (Å²) in [6.45, 7) is 5.86. The number of hydrogen-bond acceptors (Lipinski definition) is 4. The molecule has 120 valence electrons. The summed E-state index contributed by atoms with van der Waals surface area (Å²) in [6.07, 6.45) is 0. The standard InChI is InChI=1S/C16H17N3O2S2/c1-9-5-4-6-12(10(9)2)17-16(22)19-18-11(3)13-7-8-14(23-13)15(20)21/h4-8H,1-3H3,(H,20,21)(H2,17,19,22)/b18-11-. The number of carboxylic acids is 1. The molecule has 1 aromatic carbocycles. The smallest absolute Gasteiger partial charge is 0.345 e. The van der Waals surface area contributed by atoms with Crippen LogP contribution in [0.3, 0.4) is 0 Å². The summed E-state index contributed by atoms with van der Waals surface area (Å²) in [5, 5.41) is 16.6. The summed E-state index contributed by atoms with van der Waals surface area (Å²) in [5.74, 6) is -0.936. The Morgan fingerprint density at radius 1 is 1.22 bits per heavy atom. The van der Waals surface area contributed by atoms with Gasteiger partial charge in [0.05, 0.1) is 10.6 Å². The second-order valence-electron chi connectivity index (χ2n) is 4.98. The van der Waals surface area contributed by atoms with Crippen molar-refractivity contribution < 1.29 is 9.90 Å². The summed E-state index contributed by atoms with van der Waals surface area (Å²) < 4.78 is 0. The molecule has 0 radical (unpaired) electrons. The molecular weight excluding hydrogens is 330 g/mol. The van der Waals surface area contributed by atoms with Crippen molar-refractivity contribution in [3.63, 3.8) is 0 Å². The third kappa shape index (κ3) is 4.37. The van der Waals surface area contributed by atoms with Crippen LogP contribution in [0, 0.1) is 13.8 Å². The molecule has 0 spiro atoms. The molecule has 23 heavy (non-hydrogen) atoms. The normalized spacial score (nSPS) is 11.2. The fourth-order valence-corrected chi connectivity index (χ4v) is 2.82. The highest BCUT2D eigenvalue weighted by Crippen LogP contribution is 2.18. The Bertz CT molecular complexity index is 781. The van der Waals surface area contributed by atoms with Gasteiger partial charge in [0, 0.05) is 5.69 Å². The molecule has 1 heterocycles. The van der Waals surface area contributed by atoms with E-state index in [2.05, 4.69) is 15.8 Å². The lowest BCUT2D eigenvalue weighted by molar-refractivity contribution is 0.0702. The number of carbonyl (C=O) groups is 1. The lowest BCUT2D eigenvalue weighted by atomic mass is 10.1. The maximum absolute atomic E-state index is 10.9. The van der Waals surface area contributed by atoms with Crippen LogP contribution in [0.5, 0.6) is 0 Å². The SMILES string of the molecule is C/C(=N/NC(=S)Nc1cccc(C)c1C)c1ccc(C(=O)O)s1. The highest BCUT2D eigenvalue weighted by molar-refractivity contribution is 7.80. The minimum absolute atomic E-state index is 0.283. The van der Waals surface area contributed by atoms with Crippen molar-refractivity contribution in [3.05, 3.63) is 51.2 Å². The van der Waals surface area contributed by atoms with Crippen LogP contribution in [0.1, 0.15) is 32.6 Å². The monoisotopic (exact) mass is 347 g/mol. The van der Waals surface area contributed by atoms with Gasteiger partial charge in [0.2, 0.25) is 0 Å². The van der Waals surface area contributed by atoms with E-state index in [0.29, 0.717) is 10.8 Å². The van der Waals surface area contributed by atoms with Crippen molar-refractivity contribution in [3.8, 4) is 0 Å². The summed E-state index contributed by atoms with van der Waals surface area (Å²) in [5.41, 5.74) is 6.69. The third-order valence-corrected chi connectivity index (χ3v) is 4.73. The van der Waals surface area contributed by atoms with E-state index >= 15 is 0 Å². The average molecular weight is 347 g/mol. The van der Waals surface area contributed by atoms with Crippen LogP contribution >= 0.6 is 23.6 Å². The number of hydrazone groups is 1. The average Bonchev–Trinajstić information content (AvgIpc) is 3.00. The first-order valence-electron chi connectivity index (χ1n) is 6.89. The number of aromatic carboxylic acids is 1. The van der Waals surface area contributed by atoms with Crippen molar-refractivity contribution in [1.82, 2.24) is 5.43 Å². The van der Waals surface area contributed by atoms with E-state index in [-0.39, 0.29) is 4.88 Å². The first kappa shape index (κ1) is 17.1. The largest absolute Gasteiger partial charge is 0.477 e. The minimum atomic E-state index is -0.936. The number of carboxylic acid groups (broad SMARTS) is 1. The highest BCUT2D eigenvalue weighted by Gasteiger charge is 2.09. The van der Waals surface area contributed by atoms with Gasteiger partial charge in [-0.1, -0.05) is 12.1 Å². The van der Waals surface area contributed by atoms with Crippen molar-refractivity contribution in [2.24, 2.45) is 5.10 Å². The van der Waals surface area contributed by atoms with E-state index in [1.165, 1.54) is 16.9 Å². The van der Waals surface area contributed by atoms with Gasteiger partial charge in [0.1, 0.15) is 4.88 Å². The summed E-state index contributed by atoms with van der Waals surface area (Å²) in [6, 6.07) is 9.24. The number of thiophene rings is 1.